The Morgan fingerprint density at radius 3 is 1.72 bits per heavy atom. The maximum absolute atomic E-state index is 14.0. The van der Waals surface area contributed by atoms with Crippen LogP contribution in [0.3, 0.4) is 0 Å². The second-order valence-electron chi connectivity index (χ2n) is 10.7. The molecule has 3 atom stereocenters. The number of carbonyl (C=O) groups is 4. The number of nitrogens with one attached hydrogen (secondary N) is 1. The molecule has 1 saturated heterocycles. The third-order valence-electron chi connectivity index (χ3n) is 8.11. The standard InChI is InChI=1S/C31H27ClN2O5/c1-16(2)28(31(38)39-15-23(35)33-18-13-11-17(32)12-14-18)34-29(36)26-24-19-7-3-4-8-20(19)25(27(26)30(34)37)22-10-6-5-9-21(22)24/h3-14,16,24-28H,15H2,1-2H3,(H,33,35)/t24?,25?,26-,27+,28-/m0/s1. The van der Waals surface area contributed by atoms with E-state index in [4.69, 9.17) is 16.3 Å². The van der Waals surface area contributed by atoms with E-state index in [0.29, 0.717) is 10.7 Å². The molecule has 1 fully saturated rings. The molecule has 2 bridgehead atoms. The summed E-state index contributed by atoms with van der Waals surface area (Å²) in [4.78, 5) is 54.9. The monoisotopic (exact) mass is 542 g/mol. The van der Waals surface area contributed by atoms with Gasteiger partial charge in [-0.15, -0.1) is 0 Å². The number of ether oxygens (including phenoxy) is 1. The van der Waals surface area contributed by atoms with E-state index in [1.807, 2.05) is 48.5 Å². The molecule has 0 saturated carbocycles. The maximum atomic E-state index is 14.0. The summed E-state index contributed by atoms with van der Waals surface area (Å²) in [6.07, 6.45) is 0. The van der Waals surface area contributed by atoms with Crippen molar-refractivity contribution in [1.29, 1.82) is 0 Å². The Bertz CT molecular complexity index is 1390. The fraction of sp³-hybridized carbons (Fsp3) is 0.290. The predicted octanol–water partition coefficient (Wildman–Crippen LogP) is 4.74. The topological polar surface area (TPSA) is 92.8 Å². The zero-order chi connectivity index (χ0) is 27.4. The molecule has 1 heterocycles. The molecule has 7 rings (SSSR count). The fourth-order valence-corrected chi connectivity index (χ4v) is 6.73. The van der Waals surface area contributed by atoms with Crippen LogP contribution in [0.2, 0.25) is 5.02 Å². The van der Waals surface area contributed by atoms with Crippen molar-refractivity contribution in [3.63, 3.8) is 0 Å². The van der Waals surface area contributed by atoms with Gasteiger partial charge in [0.2, 0.25) is 11.8 Å². The second-order valence-corrected chi connectivity index (χ2v) is 11.1. The van der Waals surface area contributed by atoms with Crippen LogP contribution < -0.4 is 5.32 Å². The number of rotatable bonds is 6. The fourth-order valence-electron chi connectivity index (χ4n) is 6.60. The largest absolute Gasteiger partial charge is 0.454 e. The van der Waals surface area contributed by atoms with Crippen LogP contribution in [0.5, 0.6) is 0 Å². The zero-order valence-corrected chi connectivity index (χ0v) is 22.2. The minimum absolute atomic E-state index is 0.261. The first-order chi connectivity index (χ1) is 18.8. The van der Waals surface area contributed by atoms with Crippen molar-refractivity contribution in [2.75, 3.05) is 11.9 Å². The summed E-state index contributed by atoms with van der Waals surface area (Å²) < 4.78 is 5.36. The molecule has 0 spiro atoms. The number of amides is 3. The lowest BCUT2D eigenvalue weighted by Crippen LogP contribution is -2.49. The molecule has 198 valence electrons. The molecule has 1 N–H and O–H groups in total. The highest BCUT2D eigenvalue weighted by Gasteiger charge is 2.63. The molecule has 3 aromatic rings. The quantitative estimate of drug-likeness (QED) is 0.359. The Hall–Kier alpha value is -3.97. The van der Waals surface area contributed by atoms with Crippen molar-refractivity contribution < 1.29 is 23.9 Å². The molecule has 3 aliphatic carbocycles. The molecule has 39 heavy (non-hydrogen) atoms. The van der Waals surface area contributed by atoms with Crippen molar-refractivity contribution in [3.8, 4) is 0 Å². The van der Waals surface area contributed by atoms with Gasteiger partial charge in [0.1, 0.15) is 6.04 Å². The molecule has 3 amide bonds. The minimum atomic E-state index is -1.13. The number of esters is 1. The molecule has 1 aliphatic heterocycles. The Morgan fingerprint density at radius 2 is 1.28 bits per heavy atom. The van der Waals surface area contributed by atoms with Crippen LogP contribution >= 0.6 is 11.6 Å². The van der Waals surface area contributed by atoms with Crippen LogP contribution in [0.4, 0.5) is 5.69 Å². The number of anilines is 1. The molecule has 0 unspecified atom stereocenters. The van der Waals surface area contributed by atoms with Gasteiger partial charge in [-0.1, -0.05) is 74.0 Å². The van der Waals surface area contributed by atoms with Crippen LogP contribution in [-0.4, -0.2) is 41.2 Å². The number of benzene rings is 3. The summed E-state index contributed by atoms with van der Waals surface area (Å²) in [5.74, 6) is -4.14. The van der Waals surface area contributed by atoms with Gasteiger partial charge in [-0.3, -0.25) is 19.3 Å². The van der Waals surface area contributed by atoms with Gasteiger partial charge in [-0.2, -0.15) is 0 Å². The molecule has 4 aliphatic rings. The molecule has 3 aromatic carbocycles. The molecule has 8 heteroatoms. The van der Waals surface area contributed by atoms with Crippen LogP contribution in [0, 0.1) is 17.8 Å². The number of hydrogen-bond donors (Lipinski definition) is 1. The van der Waals surface area contributed by atoms with Gasteiger partial charge >= 0.3 is 5.97 Å². The average Bonchev–Trinajstić information content (AvgIpc) is 3.19. The molecular formula is C31H27ClN2O5. The van der Waals surface area contributed by atoms with Gasteiger partial charge in [0, 0.05) is 22.5 Å². The highest BCUT2D eigenvalue weighted by atomic mass is 35.5. The summed E-state index contributed by atoms with van der Waals surface area (Å²) in [6.45, 7) is 2.98. The third kappa shape index (κ3) is 4.03. The van der Waals surface area contributed by atoms with Crippen molar-refractivity contribution in [1.82, 2.24) is 4.90 Å². The van der Waals surface area contributed by atoms with E-state index in [-0.39, 0.29) is 23.7 Å². The molecular weight excluding hydrogens is 516 g/mol. The van der Waals surface area contributed by atoms with Gasteiger partial charge in [-0.25, -0.2) is 4.79 Å². The highest BCUT2D eigenvalue weighted by molar-refractivity contribution is 6.30. The summed E-state index contributed by atoms with van der Waals surface area (Å²) in [5.41, 5.74) is 4.76. The van der Waals surface area contributed by atoms with Gasteiger partial charge < -0.3 is 10.1 Å². The van der Waals surface area contributed by atoms with Crippen molar-refractivity contribution in [2.24, 2.45) is 17.8 Å². The highest BCUT2D eigenvalue weighted by Crippen LogP contribution is 2.61. The van der Waals surface area contributed by atoms with Gasteiger partial charge in [0.05, 0.1) is 11.8 Å². The lowest BCUT2D eigenvalue weighted by Gasteiger charge is -2.45. The first-order valence-electron chi connectivity index (χ1n) is 13.0. The number of hydrogen-bond acceptors (Lipinski definition) is 5. The van der Waals surface area contributed by atoms with E-state index < -0.39 is 42.3 Å². The predicted molar refractivity (Wildman–Crippen MR) is 145 cm³/mol. The van der Waals surface area contributed by atoms with Crippen LogP contribution in [0.15, 0.2) is 72.8 Å². The van der Waals surface area contributed by atoms with E-state index in [9.17, 15) is 19.2 Å². The summed E-state index contributed by atoms with van der Waals surface area (Å²) >= 11 is 5.88. The van der Waals surface area contributed by atoms with Crippen molar-refractivity contribution in [3.05, 3.63) is 100 Å². The van der Waals surface area contributed by atoms with Crippen LogP contribution in [-0.2, 0) is 23.9 Å². The number of imide groups is 1. The summed E-state index contributed by atoms with van der Waals surface area (Å²) in [5, 5.41) is 3.17. The first-order valence-corrected chi connectivity index (χ1v) is 13.4. The van der Waals surface area contributed by atoms with Crippen molar-refractivity contribution >= 4 is 41.0 Å². The molecule has 0 aromatic heterocycles. The van der Waals surface area contributed by atoms with Crippen molar-refractivity contribution in [2.45, 2.75) is 31.7 Å². The van der Waals surface area contributed by atoms with E-state index in [1.54, 1.807) is 38.1 Å². The maximum Gasteiger partial charge on any atom is 0.330 e. The first kappa shape index (κ1) is 25.3. The van der Waals surface area contributed by atoms with Gasteiger partial charge in [-0.05, 0) is 52.4 Å². The van der Waals surface area contributed by atoms with Gasteiger partial charge in [0.15, 0.2) is 6.61 Å². The van der Waals surface area contributed by atoms with E-state index in [0.717, 1.165) is 27.2 Å². The lowest BCUT2D eigenvalue weighted by molar-refractivity contribution is -0.162. The Labute approximate surface area is 231 Å². The van der Waals surface area contributed by atoms with Gasteiger partial charge in [0.25, 0.3) is 5.91 Å². The summed E-state index contributed by atoms with van der Waals surface area (Å²) in [6, 6.07) is 21.4. The minimum Gasteiger partial charge on any atom is -0.454 e. The Morgan fingerprint density at radius 1 is 0.821 bits per heavy atom. The SMILES string of the molecule is CC(C)[C@@H](C(=O)OCC(=O)Nc1ccc(Cl)cc1)N1C(=O)[C@@H]2C3c4ccccc4C(c4ccccc43)[C@@H]2C1=O. The van der Waals surface area contributed by atoms with E-state index in [1.165, 1.54) is 0 Å². The zero-order valence-electron chi connectivity index (χ0n) is 21.5. The third-order valence-corrected chi connectivity index (χ3v) is 8.36. The smallest absolute Gasteiger partial charge is 0.330 e. The summed E-state index contributed by atoms with van der Waals surface area (Å²) in [7, 11) is 0. The van der Waals surface area contributed by atoms with E-state index >= 15 is 0 Å². The second kappa shape index (κ2) is 9.65. The molecule has 7 nitrogen and oxygen atoms in total. The van der Waals surface area contributed by atoms with Crippen LogP contribution in [0.25, 0.3) is 0 Å². The number of likely N-dealkylation sites (tertiary alicyclic amines) is 1. The lowest BCUT2D eigenvalue weighted by atomic mass is 9.55. The molecule has 0 radical (unpaired) electrons. The Balaban J connectivity index is 1.26. The average molecular weight is 543 g/mol. The van der Waals surface area contributed by atoms with Crippen LogP contribution in [0.1, 0.15) is 47.9 Å². The van der Waals surface area contributed by atoms with E-state index in [2.05, 4.69) is 5.32 Å². The number of carbonyl (C=O) groups excluding carboxylic acids is 4. The number of nitrogens with zero attached hydrogens (tertiary/aromatic N) is 1. The Kier molecular flexibility index (Phi) is 6.26. The number of halogens is 1. The normalized spacial score (nSPS) is 23.2.